The first-order valence-corrected chi connectivity index (χ1v) is 10.4. The fraction of sp³-hybridized carbons (Fsp3) is 0.280. The van der Waals surface area contributed by atoms with Gasteiger partial charge < -0.3 is 24.2 Å². The smallest absolute Gasteiger partial charge is 0.295 e. The first-order chi connectivity index (χ1) is 15.5. The molecule has 1 amide bonds. The Morgan fingerprint density at radius 1 is 1.12 bits per heavy atom. The number of aliphatic hydroxyl groups is 1. The summed E-state index contributed by atoms with van der Waals surface area (Å²) in [7, 11) is 1.53. The van der Waals surface area contributed by atoms with Crippen LogP contribution in [0.5, 0.6) is 11.5 Å². The second-order valence-corrected chi connectivity index (χ2v) is 7.11. The minimum atomic E-state index is -0.762. The van der Waals surface area contributed by atoms with Gasteiger partial charge in [0.2, 0.25) is 0 Å². The highest BCUT2D eigenvalue weighted by Crippen LogP contribution is 2.40. The van der Waals surface area contributed by atoms with E-state index in [-0.39, 0.29) is 24.5 Å². The summed E-state index contributed by atoms with van der Waals surface area (Å²) in [5, 5.41) is 11.1. The van der Waals surface area contributed by atoms with Gasteiger partial charge in [-0.05, 0) is 48.9 Å². The number of ether oxygens (including phenoxy) is 3. The highest BCUT2D eigenvalue weighted by atomic mass is 16.5. The maximum Gasteiger partial charge on any atom is 0.295 e. The van der Waals surface area contributed by atoms with Crippen LogP contribution in [0.2, 0.25) is 0 Å². The molecule has 0 aromatic heterocycles. The summed E-state index contributed by atoms with van der Waals surface area (Å²) in [6, 6.07) is 13.1. The number of likely N-dealkylation sites (tertiary alicyclic amines) is 1. The molecular formula is C25H27NO6. The van der Waals surface area contributed by atoms with Gasteiger partial charge in [-0.25, -0.2) is 0 Å². The number of methoxy groups -OCH3 is 1. The molecule has 0 saturated carbocycles. The number of nitrogens with zero attached hydrogens (tertiary/aromatic N) is 1. The first-order valence-electron chi connectivity index (χ1n) is 10.4. The summed E-state index contributed by atoms with van der Waals surface area (Å²) < 4.78 is 16.2. The summed E-state index contributed by atoms with van der Waals surface area (Å²) >= 11 is 0. The van der Waals surface area contributed by atoms with Crippen molar-refractivity contribution in [3.63, 3.8) is 0 Å². The van der Waals surface area contributed by atoms with Crippen LogP contribution in [0.3, 0.4) is 0 Å². The van der Waals surface area contributed by atoms with Gasteiger partial charge in [0.25, 0.3) is 11.7 Å². The zero-order valence-electron chi connectivity index (χ0n) is 18.2. The number of aliphatic hydroxyl groups excluding tert-OH is 1. The van der Waals surface area contributed by atoms with E-state index in [9.17, 15) is 14.7 Å². The van der Waals surface area contributed by atoms with E-state index in [2.05, 4.69) is 6.58 Å². The molecule has 7 heteroatoms. The van der Waals surface area contributed by atoms with Crippen LogP contribution in [0.25, 0.3) is 5.76 Å². The lowest BCUT2D eigenvalue weighted by atomic mass is 9.95. The van der Waals surface area contributed by atoms with Crippen LogP contribution in [-0.2, 0) is 14.3 Å². The number of hydrogen-bond donors (Lipinski definition) is 1. The quantitative estimate of drug-likeness (QED) is 0.264. The van der Waals surface area contributed by atoms with Gasteiger partial charge in [0.1, 0.15) is 23.9 Å². The lowest BCUT2D eigenvalue weighted by Crippen LogP contribution is -2.32. The Kier molecular flexibility index (Phi) is 7.68. The molecule has 2 aromatic rings. The Morgan fingerprint density at radius 2 is 1.88 bits per heavy atom. The average Bonchev–Trinajstić information content (AvgIpc) is 3.06. The van der Waals surface area contributed by atoms with Crippen LogP contribution in [0, 0.1) is 0 Å². The van der Waals surface area contributed by atoms with E-state index in [4.69, 9.17) is 14.2 Å². The highest BCUT2D eigenvalue weighted by molar-refractivity contribution is 6.46. The third-order valence-electron chi connectivity index (χ3n) is 5.06. The number of hydrogen-bond acceptors (Lipinski definition) is 6. The zero-order chi connectivity index (χ0) is 23.1. The number of ketones is 1. The molecule has 0 radical (unpaired) electrons. The van der Waals surface area contributed by atoms with Crippen LogP contribution in [0.4, 0.5) is 0 Å². The lowest BCUT2D eigenvalue weighted by Gasteiger charge is -2.25. The van der Waals surface area contributed by atoms with Crippen molar-refractivity contribution >= 4 is 17.4 Å². The molecule has 1 saturated heterocycles. The summed E-state index contributed by atoms with van der Waals surface area (Å²) in [5.74, 6) is -0.446. The largest absolute Gasteiger partial charge is 0.507 e. The SMILES string of the molecule is C=CCOc1ccc(C(O)=C2C(=O)C(=O)N(CCOC)C2c2cccc(OCC)c2)cc1. The molecule has 1 heterocycles. The molecule has 1 N–H and O–H groups in total. The van der Waals surface area contributed by atoms with E-state index in [0.717, 1.165) is 0 Å². The van der Waals surface area contributed by atoms with Crippen LogP contribution in [0.1, 0.15) is 24.1 Å². The number of benzene rings is 2. The summed E-state index contributed by atoms with van der Waals surface area (Å²) in [4.78, 5) is 27.2. The third-order valence-corrected chi connectivity index (χ3v) is 5.06. The Labute approximate surface area is 187 Å². The van der Waals surface area contributed by atoms with Crippen LogP contribution >= 0.6 is 0 Å². The molecule has 1 atom stereocenters. The molecule has 7 nitrogen and oxygen atoms in total. The van der Waals surface area contributed by atoms with E-state index in [1.54, 1.807) is 54.6 Å². The normalized spacial score (nSPS) is 17.4. The molecule has 0 aliphatic carbocycles. The monoisotopic (exact) mass is 437 g/mol. The van der Waals surface area contributed by atoms with E-state index in [1.165, 1.54) is 12.0 Å². The number of amides is 1. The summed E-state index contributed by atoms with van der Waals surface area (Å²) in [6.45, 7) is 6.77. The zero-order valence-corrected chi connectivity index (χ0v) is 18.2. The van der Waals surface area contributed by atoms with Gasteiger partial charge in [0.05, 0.1) is 24.8 Å². The predicted molar refractivity (Wildman–Crippen MR) is 121 cm³/mol. The fourth-order valence-electron chi connectivity index (χ4n) is 3.61. The van der Waals surface area contributed by atoms with E-state index < -0.39 is 17.7 Å². The second-order valence-electron chi connectivity index (χ2n) is 7.11. The number of carbonyl (C=O) groups excluding carboxylic acids is 2. The molecule has 1 unspecified atom stereocenters. The molecule has 1 fully saturated rings. The van der Waals surface area contributed by atoms with Crippen molar-refractivity contribution in [2.45, 2.75) is 13.0 Å². The lowest BCUT2D eigenvalue weighted by molar-refractivity contribution is -0.140. The molecule has 1 aliphatic rings. The van der Waals surface area contributed by atoms with Crippen molar-refractivity contribution in [1.29, 1.82) is 0 Å². The predicted octanol–water partition coefficient (Wildman–Crippen LogP) is 3.72. The fourth-order valence-corrected chi connectivity index (χ4v) is 3.61. The maximum atomic E-state index is 13.0. The van der Waals surface area contributed by atoms with E-state index >= 15 is 0 Å². The molecule has 0 spiro atoms. The second kappa shape index (κ2) is 10.6. The van der Waals surface area contributed by atoms with Gasteiger partial charge in [0, 0.05) is 19.2 Å². The molecule has 0 bridgehead atoms. The standard InChI is InChI=1S/C25H27NO6/c1-4-14-32-19-11-9-17(10-12-19)23(27)21-22(18-7-6-8-20(16-18)31-5-2)26(13-15-30-3)25(29)24(21)28/h4,6-12,16,22,27H,1,5,13-15H2,2-3H3. The van der Waals surface area contributed by atoms with Crippen molar-refractivity contribution in [3.8, 4) is 11.5 Å². The number of Topliss-reactive ketones (excluding diaryl/α,β-unsaturated/α-hetero) is 1. The third kappa shape index (κ3) is 4.84. The van der Waals surface area contributed by atoms with E-state index in [1.807, 2.05) is 6.92 Å². The Bertz CT molecular complexity index is 1010. The topological polar surface area (TPSA) is 85.3 Å². The van der Waals surface area contributed by atoms with Crippen LogP contribution in [0.15, 0.2) is 66.8 Å². The number of rotatable bonds is 10. The summed E-state index contributed by atoms with van der Waals surface area (Å²) in [5.41, 5.74) is 1.10. The Hall–Kier alpha value is -3.58. The minimum absolute atomic E-state index is 0.0273. The van der Waals surface area contributed by atoms with Crippen molar-refractivity contribution in [3.05, 3.63) is 77.9 Å². The molecule has 168 valence electrons. The average molecular weight is 437 g/mol. The molecule has 32 heavy (non-hydrogen) atoms. The van der Waals surface area contributed by atoms with Gasteiger partial charge >= 0.3 is 0 Å². The molecule has 3 rings (SSSR count). The Morgan fingerprint density at radius 3 is 2.53 bits per heavy atom. The van der Waals surface area contributed by atoms with Gasteiger partial charge in [0.15, 0.2) is 0 Å². The summed E-state index contributed by atoms with van der Waals surface area (Å²) in [6.07, 6.45) is 1.63. The van der Waals surface area contributed by atoms with Crippen LogP contribution in [-0.4, -0.2) is 55.2 Å². The van der Waals surface area contributed by atoms with Crippen molar-refractivity contribution < 1.29 is 28.9 Å². The van der Waals surface area contributed by atoms with Crippen molar-refractivity contribution in [2.24, 2.45) is 0 Å². The molecule has 2 aromatic carbocycles. The van der Waals surface area contributed by atoms with E-state index in [0.29, 0.717) is 35.8 Å². The minimum Gasteiger partial charge on any atom is -0.507 e. The van der Waals surface area contributed by atoms with Gasteiger partial charge in [-0.2, -0.15) is 0 Å². The molecule has 1 aliphatic heterocycles. The van der Waals surface area contributed by atoms with Gasteiger partial charge in [-0.15, -0.1) is 0 Å². The molecular weight excluding hydrogens is 410 g/mol. The van der Waals surface area contributed by atoms with Crippen LogP contribution < -0.4 is 9.47 Å². The van der Waals surface area contributed by atoms with Gasteiger partial charge in [-0.3, -0.25) is 9.59 Å². The first kappa shape index (κ1) is 23.1. The van der Waals surface area contributed by atoms with Crippen molar-refractivity contribution in [1.82, 2.24) is 4.90 Å². The van der Waals surface area contributed by atoms with Gasteiger partial charge in [-0.1, -0.05) is 24.8 Å². The Balaban J connectivity index is 2.07. The number of carbonyl (C=O) groups is 2. The highest BCUT2D eigenvalue weighted by Gasteiger charge is 2.46. The van der Waals surface area contributed by atoms with Crippen molar-refractivity contribution in [2.75, 3.05) is 33.5 Å². The maximum absolute atomic E-state index is 13.0.